The molecule has 104 valence electrons. The molecule has 1 aromatic rings. The van der Waals surface area contributed by atoms with Crippen LogP contribution in [0.4, 0.5) is 5.69 Å². The lowest BCUT2D eigenvalue weighted by molar-refractivity contribution is -0.135. The van der Waals surface area contributed by atoms with Gasteiger partial charge >= 0.3 is 5.97 Å². The molecule has 1 aliphatic carbocycles. The minimum Gasteiger partial charge on any atom is -0.480 e. The topological polar surface area (TPSA) is 49.8 Å². The summed E-state index contributed by atoms with van der Waals surface area (Å²) in [5.74, 6) is -0.791. The van der Waals surface area contributed by atoms with Crippen molar-refractivity contribution in [2.24, 2.45) is 0 Å². The van der Waals surface area contributed by atoms with E-state index in [1.165, 1.54) is 5.56 Å². The summed E-state index contributed by atoms with van der Waals surface area (Å²) >= 11 is 0. The van der Waals surface area contributed by atoms with Gasteiger partial charge in [-0.05, 0) is 38.8 Å². The number of ether oxygens (including phenoxy) is 1. The number of rotatable bonds is 6. The first kappa shape index (κ1) is 13.9. The van der Waals surface area contributed by atoms with E-state index in [4.69, 9.17) is 9.84 Å². The molecule has 0 spiro atoms. The van der Waals surface area contributed by atoms with E-state index in [0.717, 1.165) is 25.1 Å². The molecule has 4 heteroatoms. The number of aliphatic carboxylic acids is 1. The summed E-state index contributed by atoms with van der Waals surface area (Å²) in [4.78, 5) is 13.0. The number of hydrogen-bond acceptors (Lipinski definition) is 3. The fourth-order valence-electron chi connectivity index (χ4n) is 2.48. The van der Waals surface area contributed by atoms with Crippen LogP contribution in [-0.2, 0) is 9.53 Å². The van der Waals surface area contributed by atoms with E-state index in [9.17, 15) is 4.79 Å². The summed E-state index contributed by atoms with van der Waals surface area (Å²) in [6, 6.07) is 8.29. The lowest BCUT2D eigenvalue weighted by Crippen LogP contribution is -2.50. The normalized spacial score (nSPS) is 21.8. The quantitative estimate of drug-likeness (QED) is 0.856. The first-order valence-corrected chi connectivity index (χ1v) is 6.77. The van der Waals surface area contributed by atoms with Crippen LogP contribution in [0.25, 0.3) is 0 Å². The highest BCUT2D eigenvalue weighted by Gasteiger charge is 2.35. The summed E-state index contributed by atoms with van der Waals surface area (Å²) in [5.41, 5.74) is 2.16. The third-order valence-corrected chi connectivity index (χ3v) is 3.58. The Bertz CT molecular complexity index is 424. The minimum absolute atomic E-state index is 0.0482. The van der Waals surface area contributed by atoms with E-state index in [0.29, 0.717) is 0 Å². The second kappa shape index (κ2) is 6.06. The van der Waals surface area contributed by atoms with Gasteiger partial charge in [-0.15, -0.1) is 0 Å². The van der Waals surface area contributed by atoms with Crippen LogP contribution in [0.1, 0.15) is 25.3 Å². The molecular weight excluding hydrogens is 242 g/mol. The maximum absolute atomic E-state index is 11.0. The van der Waals surface area contributed by atoms with Crippen molar-refractivity contribution in [2.75, 3.05) is 18.1 Å². The molecule has 0 aliphatic heterocycles. The highest BCUT2D eigenvalue weighted by Crippen LogP contribution is 2.31. The maximum atomic E-state index is 11.0. The van der Waals surface area contributed by atoms with Gasteiger partial charge in [-0.3, -0.25) is 4.79 Å². The van der Waals surface area contributed by atoms with Gasteiger partial charge in [-0.2, -0.15) is 0 Å². The Hall–Kier alpha value is -1.55. The van der Waals surface area contributed by atoms with Crippen molar-refractivity contribution < 1.29 is 14.6 Å². The number of aryl methyl sites for hydroxylation is 1. The first-order chi connectivity index (χ1) is 9.10. The van der Waals surface area contributed by atoms with Crippen LogP contribution in [0.2, 0.25) is 0 Å². The molecule has 0 aromatic heterocycles. The Labute approximate surface area is 114 Å². The van der Waals surface area contributed by atoms with E-state index >= 15 is 0 Å². The monoisotopic (exact) mass is 263 g/mol. The molecular formula is C15H21NO3. The lowest BCUT2D eigenvalue weighted by atomic mass is 9.87. The average molecular weight is 263 g/mol. The second-order valence-corrected chi connectivity index (χ2v) is 5.06. The number of anilines is 1. The van der Waals surface area contributed by atoms with Gasteiger partial charge in [-0.1, -0.05) is 17.7 Å². The summed E-state index contributed by atoms with van der Waals surface area (Å²) < 4.78 is 5.54. The Kier molecular flexibility index (Phi) is 4.43. The van der Waals surface area contributed by atoms with Gasteiger partial charge in [0.1, 0.15) is 6.54 Å². The van der Waals surface area contributed by atoms with E-state index in [1.54, 1.807) is 0 Å². The Balaban J connectivity index is 2.05. The van der Waals surface area contributed by atoms with E-state index in [-0.39, 0.29) is 18.7 Å². The fraction of sp³-hybridized carbons (Fsp3) is 0.533. The Morgan fingerprint density at radius 2 is 2.00 bits per heavy atom. The SMILES string of the molecule is CCOC1CC(N(CC(=O)O)c2ccc(C)cc2)C1. The summed E-state index contributed by atoms with van der Waals surface area (Å²) in [6.45, 7) is 4.79. The number of carboxylic acids is 1. The third kappa shape index (κ3) is 3.47. The molecule has 0 bridgehead atoms. The molecule has 0 radical (unpaired) electrons. The maximum Gasteiger partial charge on any atom is 0.323 e. The molecule has 2 rings (SSSR count). The Morgan fingerprint density at radius 3 is 2.53 bits per heavy atom. The van der Waals surface area contributed by atoms with E-state index in [2.05, 4.69) is 0 Å². The minimum atomic E-state index is -0.791. The number of benzene rings is 1. The van der Waals surface area contributed by atoms with Crippen molar-refractivity contribution in [3.05, 3.63) is 29.8 Å². The number of nitrogens with zero attached hydrogens (tertiary/aromatic N) is 1. The lowest BCUT2D eigenvalue weighted by Gasteiger charge is -2.43. The molecule has 1 saturated carbocycles. The average Bonchev–Trinajstić information content (AvgIpc) is 2.32. The van der Waals surface area contributed by atoms with Gasteiger partial charge in [0.25, 0.3) is 0 Å². The first-order valence-electron chi connectivity index (χ1n) is 6.77. The summed E-state index contributed by atoms with van der Waals surface area (Å²) in [6.07, 6.45) is 2.11. The molecule has 0 saturated heterocycles. The highest BCUT2D eigenvalue weighted by molar-refractivity contribution is 5.74. The van der Waals surface area contributed by atoms with Crippen molar-refractivity contribution in [2.45, 2.75) is 38.8 Å². The predicted molar refractivity (Wildman–Crippen MR) is 74.6 cm³/mol. The predicted octanol–water partition coefficient (Wildman–Crippen LogP) is 2.45. The highest BCUT2D eigenvalue weighted by atomic mass is 16.5. The van der Waals surface area contributed by atoms with Gasteiger partial charge in [0.05, 0.1) is 6.10 Å². The van der Waals surface area contributed by atoms with Gasteiger partial charge < -0.3 is 14.7 Å². The molecule has 1 aromatic carbocycles. The third-order valence-electron chi connectivity index (χ3n) is 3.58. The van der Waals surface area contributed by atoms with Crippen LogP contribution >= 0.6 is 0 Å². The molecule has 1 N–H and O–H groups in total. The van der Waals surface area contributed by atoms with Crippen LogP contribution in [0.5, 0.6) is 0 Å². The molecule has 1 fully saturated rings. The molecule has 4 nitrogen and oxygen atoms in total. The molecule has 0 amide bonds. The van der Waals surface area contributed by atoms with Gasteiger partial charge in [0, 0.05) is 18.3 Å². The van der Waals surface area contributed by atoms with Crippen LogP contribution in [0.15, 0.2) is 24.3 Å². The standard InChI is InChI=1S/C15H21NO3/c1-3-19-14-8-13(9-14)16(10-15(17)18)12-6-4-11(2)5-7-12/h4-7,13-14H,3,8-10H2,1-2H3,(H,17,18). The van der Waals surface area contributed by atoms with Crippen molar-refractivity contribution >= 4 is 11.7 Å². The van der Waals surface area contributed by atoms with Crippen LogP contribution in [0, 0.1) is 6.92 Å². The van der Waals surface area contributed by atoms with E-state index in [1.807, 2.05) is 43.0 Å². The molecule has 19 heavy (non-hydrogen) atoms. The van der Waals surface area contributed by atoms with Crippen molar-refractivity contribution in [3.8, 4) is 0 Å². The van der Waals surface area contributed by atoms with E-state index < -0.39 is 5.97 Å². The van der Waals surface area contributed by atoms with Crippen LogP contribution in [-0.4, -0.2) is 36.4 Å². The van der Waals surface area contributed by atoms with Crippen LogP contribution < -0.4 is 4.90 Å². The zero-order valence-electron chi connectivity index (χ0n) is 11.5. The second-order valence-electron chi connectivity index (χ2n) is 5.06. The number of carbonyl (C=O) groups is 1. The van der Waals surface area contributed by atoms with Crippen LogP contribution in [0.3, 0.4) is 0 Å². The van der Waals surface area contributed by atoms with Crippen molar-refractivity contribution in [1.29, 1.82) is 0 Å². The smallest absolute Gasteiger partial charge is 0.323 e. The Morgan fingerprint density at radius 1 is 1.37 bits per heavy atom. The zero-order chi connectivity index (χ0) is 13.8. The zero-order valence-corrected chi connectivity index (χ0v) is 11.5. The van der Waals surface area contributed by atoms with Gasteiger partial charge in [0.15, 0.2) is 0 Å². The summed E-state index contributed by atoms with van der Waals surface area (Å²) in [5, 5.41) is 9.06. The fourth-order valence-corrected chi connectivity index (χ4v) is 2.48. The number of hydrogen-bond donors (Lipinski definition) is 1. The van der Waals surface area contributed by atoms with Crippen molar-refractivity contribution in [3.63, 3.8) is 0 Å². The number of carboxylic acid groups (broad SMARTS) is 1. The molecule has 0 atom stereocenters. The molecule has 1 aliphatic rings. The van der Waals surface area contributed by atoms with Gasteiger partial charge in [0.2, 0.25) is 0 Å². The molecule has 0 unspecified atom stereocenters. The largest absolute Gasteiger partial charge is 0.480 e. The molecule has 0 heterocycles. The van der Waals surface area contributed by atoms with Gasteiger partial charge in [-0.25, -0.2) is 0 Å². The summed E-state index contributed by atoms with van der Waals surface area (Å²) in [7, 11) is 0. The van der Waals surface area contributed by atoms with Crippen molar-refractivity contribution in [1.82, 2.24) is 0 Å².